The quantitative estimate of drug-likeness (QED) is 0.407. The minimum atomic E-state index is -0.446. The number of fused-ring (bicyclic) bond motifs is 1. The first-order chi connectivity index (χ1) is 14.7. The van der Waals surface area contributed by atoms with Gasteiger partial charge in [-0.2, -0.15) is 28.7 Å². The van der Waals surface area contributed by atoms with Gasteiger partial charge in [0.25, 0.3) is 5.95 Å². The van der Waals surface area contributed by atoms with Crippen LogP contribution in [0.15, 0.2) is 48.9 Å². The van der Waals surface area contributed by atoms with E-state index in [0.29, 0.717) is 29.1 Å². The summed E-state index contributed by atoms with van der Waals surface area (Å²) < 4.78 is 13.9. The number of methoxy groups -OCH3 is 1. The van der Waals surface area contributed by atoms with Crippen molar-refractivity contribution < 1.29 is 14.3 Å². The molecule has 0 unspecified atom stereocenters. The van der Waals surface area contributed by atoms with Crippen LogP contribution in [0.25, 0.3) is 17.0 Å². The number of nitrogens with zero attached hydrogens (tertiary/aromatic N) is 6. The van der Waals surface area contributed by atoms with Gasteiger partial charge in [0.1, 0.15) is 11.0 Å². The van der Waals surface area contributed by atoms with Crippen LogP contribution in [0.4, 0.5) is 0 Å². The van der Waals surface area contributed by atoms with Crippen molar-refractivity contribution >= 4 is 30.5 Å². The van der Waals surface area contributed by atoms with E-state index in [4.69, 9.17) is 9.47 Å². The second kappa shape index (κ2) is 9.61. The van der Waals surface area contributed by atoms with Crippen LogP contribution in [-0.4, -0.2) is 49.2 Å². The van der Waals surface area contributed by atoms with Gasteiger partial charge in [-0.15, -0.1) is 0 Å². The molecule has 0 bridgehead atoms. The number of carbonyl (C=O) groups is 1. The van der Waals surface area contributed by atoms with Crippen molar-refractivity contribution in [2.75, 3.05) is 13.7 Å². The molecule has 4 aromatic rings. The lowest BCUT2D eigenvalue weighted by Crippen LogP contribution is -2.12. The zero-order valence-electron chi connectivity index (χ0n) is 17.5. The average molecular weight is 441 g/mol. The normalized spacial score (nSPS) is 11.7. The van der Waals surface area contributed by atoms with Gasteiger partial charge in [0.2, 0.25) is 5.88 Å². The summed E-state index contributed by atoms with van der Waals surface area (Å²) in [6.45, 7) is 4.15. The standard InChI is InChI=1S/C21H22N6O3.H2S/c1-4-17(14-9-7-6-8-10-14)27-18-16(12-23-27)24-21(25-19(18)29-3)26-13-15(11-22-26)20(28)30-5-2;/h6-13,17H,4-5H2,1-3H3;1H2/t17-;/m0./s1. The highest BCUT2D eigenvalue weighted by molar-refractivity contribution is 7.59. The van der Waals surface area contributed by atoms with Gasteiger partial charge in [-0.05, 0) is 18.9 Å². The van der Waals surface area contributed by atoms with Gasteiger partial charge in [0.05, 0.1) is 37.7 Å². The van der Waals surface area contributed by atoms with Crippen LogP contribution >= 0.6 is 13.5 Å². The lowest BCUT2D eigenvalue weighted by Gasteiger charge is -2.18. The molecule has 0 fully saturated rings. The monoisotopic (exact) mass is 440 g/mol. The number of benzene rings is 1. The van der Waals surface area contributed by atoms with Gasteiger partial charge >= 0.3 is 5.97 Å². The van der Waals surface area contributed by atoms with E-state index in [1.807, 2.05) is 22.9 Å². The molecule has 1 atom stereocenters. The first-order valence-corrected chi connectivity index (χ1v) is 9.72. The fraction of sp³-hybridized carbons (Fsp3) is 0.286. The van der Waals surface area contributed by atoms with Crippen molar-refractivity contribution in [1.29, 1.82) is 0 Å². The van der Waals surface area contributed by atoms with E-state index in [-0.39, 0.29) is 25.5 Å². The van der Waals surface area contributed by atoms with Crippen molar-refractivity contribution in [3.63, 3.8) is 0 Å². The van der Waals surface area contributed by atoms with Crippen molar-refractivity contribution in [1.82, 2.24) is 29.5 Å². The zero-order chi connectivity index (χ0) is 21.1. The Balaban J connectivity index is 0.00000272. The molecule has 0 aliphatic heterocycles. The molecule has 162 valence electrons. The molecule has 10 heteroatoms. The van der Waals surface area contributed by atoms with Gasteiger partial charge in [0.15, 0.2) is 0 Å². The number of hydrogen-bond acceptors (Lipinski definition) is 7. The molecule has 0 spiro atoms. The second-order valence-electron chi connectivity index (χ2n) is 6.58. The topological polar surface area (TPSA) is 97.0 Å². The SMILES string of the molecule is CCOC(=O)c1cnn(-c2nc(OC)c3c(cnn3[C@@H](CC)c3ccccc3)n2)c1.S. The van der Waals surface area contributed by atoms with E-state index >= 15 is 0 Å². The zero-order valence-corrected chi connectivity index (χ0v) is 18.5. The molecule has 0 aliphatic carbocycles. The summed E-state index contributed by atoms with van der Waals surface area (Å²) in [5, 5.41) is 8.76. The van der Waals surface area contributed by atoms with E-state index in [1.165, 1.54) is 17.1 Å². The number of aromatic nitrogens is 6. The van der Waals surface area contributed by atoms with Crippen molar-refractivity contribution in [3.8, 4) is 11.8 Å². The third kappa shape index (κ3) is 4.24. The summed E-state index contributed by atoms with van der Waals surface area (Å²) >= 11 is 0. The third-order valence-corrected chi connectivity index (χ3v) is 4.76. The molecular formula is C21H24N6O3S. The van der Waals surface area contributed by atoms with E-state index in [0.717, 1.165) is 12.0 Å². The van der Waals surface area contributed by atoms with Crippen molar-refractivity contribution in [3.05, 3.63) is 60.0 Å². The average Bonchev–Trinajstić information content (AvgIpc) is 3.43. The summed E-state index contributed by atoms with van der Waals surface area (Å²) in [4.78, 5) is 21.0. The molecule has 0 aliphatic rings. The van der Waals surface area contributed by atoms with E-state index < -0.39 is 5.97 Å². The Labute approximate surface area is 186 Å². The highest BCUT2D eigenvalue weighted by Gasteiger charge is 2.21. The van der Waals surface area contributed by atoms with Gasteiger partial charge < -0.3 is 9.47 Å². The lowest BCUT2D eigenvalue weighted by atomic mass is 10.0. The predicted octanol–water partition coefficient (Wildman–Crippen LogP) is 3.31. The Kier molecular flexibility index (Phi) is 6.91. The summed E-state index contributed by atoms with van der Waals surface area (Å²) in [5.74, 6) is 0.218. The molecule has 0 amide bonds. The van der Waals surface area contributed by atoms with Crippen LogP contribution in [0.1, 0.15) is 42.2 Å². The van der Waals surface area contributed by atoms with Crippen molar-refractivity contribution in [2.24, 2.45) is 0 Å². The van der Waals surface area contributed by atoms with Gasteiger partial charge in [-0.3, -0.25) is 4.68 Å². The number of esters is 1. The highest BCUT2D eigenvalue weighted by atomic mass is 32.1. The molecule has 1 aromatic carbocycles. The van der Waals surface area contributed by atoms with Crippen LogP contribution in [0.2, 0.25) is 0 Å². The number of rotatable bonds is 7. The van der Waals surface area contributed by atoms with Gasteiger partial charge in [-0.25, -0.2) is 14.5 Å². The Hall–Kier alpha value is -3.40. The van der Waals surface area contributed by atoms with Gasteiger partial charge in [-0.1, -0.05) is 37.3 Å². The highest BCUT2D eigenvalue weighted by Crippen LogP contribution is 2.30. The van der Waals surface area contributed by atoms with Crippen LogP contribution in [0.3, 0.4) is 0 Å². The smallest absolute Gasteiger partial charge is 0.341 e. The maximum atomic E-state index is 11.9. The largest absolute Gasteiger partial charge is 0.479 e. The molecule has 3 aromatic heterocycles. The van der Waals surface area contributed by atoms with Crippen LogP contribution in [-0.2, 0) is 4.74 Å². The molecule has 0 N–H and O–H groups in total. The molecule has 0 saturated heterocycles. The number of hydrogen-bond donors (Lipinski definition) is 0. The minimum absolute atomic E-state index is 0. The van der Waals surface area contributed by atoms with Crippen LogP contribution in [0, 0.1) is 0 Å². The molecule has 4 rings (SSSR count). The first kappa shape index (κ1) is 22.3. The van der Waals surface area contributed by atoms with Crippen LogP contribution < -0.4 is 4.74 Å². The predicted molar refractivity (Wildman–Crippen MR) is 120 cm³/mol. The Morgan fingerprint density at radius 1 is 1.10 bits per heavy atom. The Morgan fingerprint density at radius 2 is 1.87 bits per heavy atom. The molecule has 0 radical (unpaired) electrons. The lowest BCUT2D eigenvalue weighted by molar-refractivity contribution is 0.0526. The molecule has 3 heterocycles. The Morgan fingerprint density at radius 3 is 2.55 bits per heavy atom. The molecular weight excluding hydrogens is 416 g/mol. The molecule has 0 saturated carbocycles. The fourth-order valence-electron chi connectivity index (χ4n) is 3.38. The van der Waals surface area contributed by atoms with Gasteiger partial charge in [0, 0.05) is 6.20 Å². The summed E-state index contributed by atoms with van der Waals surface area (Å²) in [6.07, 6.45) is 5.48. The summed E-state index contributed by atoms with van der Waals surface area (Å²) in [6, 6.07) is 10.2. The molecule has 31 heavy (non-hydrogen) atoms. The van der Waals surface area contributed by atoms with Crippen molar-refractivity contribution in [2.45, 2.75) is 26.3 Å². The van der Waals surface area contributed by atoms with Crippen LogP contribution in [0.5, 0.6) is 5.88 Å². The number of carbonyl (C=O) groups excluding carboxylic acids is 1. The third-order valence-electron chi connectivity index (χ3n) is 4.76. The summed E-state index contributed by atoms with van der Waals surface area (Å²) in [7, 11) is 1.56. The first-order valence-electron chi connectivity index (χ1n) is 9.72. The molecule has 9 nitrogen and oxygen atoms in total. The second-order valence-corrected chi connectivity index (χ2v) is 6.58. The Bertz CT molecular complexity index is 1170. The number of ether oxygens (including phenoxy) is 2. The minimum Gasteiger partial charge on any atom is -0.479 e. The summed E-state index contributed by atoms with van der Waals surface area (Å²) in [5.41, 5.74) is 2.79. The fourth-order valence-corrected chi connectivity index (χ4v) is 3.38. The van der Waals surface area contributed by atoms with E-state index in [1.54, 1.807) is 20.2 Å². The maximum absolute atomic E-state index is 11.9. The van der Waals surface area contributed by atoms with E-state index in [9.17, 15) is 4.79 Å². The van der Waals surface area contributed by atoms with E-state index in [2.05, 4.69) is 39.2 Å². The maximum Gasteiger partial charge on any atom is 0.341 e.